The van der Waals surface area contributed by atoms with E-state index < -0.39 is 11.7 Å². The molecule has 1 aliphatic rings. The summed E-state index contributed by atoms with van der Waals surface area (Å²) >= 11 is 12.2. The van der Waals surface area contributed by atoms with Gasteiger partial charge < -0.3 is 5.32 Å². The van der Waals surface area contributed by atoms with Crippen LogP contribution in [0.15, 0.2) is 59.7 Å². The van der Waals surface area contributed by atoms with Gasteiger partial charge in [0.15, 0.2) is 5.82 Å². The SMILES string of the molecule is O=C(Cc1cccc(Cl)c1)Nc1ccc(Cl)c(C2=Nc3ncc(C(F)(F)F)cc3C2)c1. The fraction of sp³-hybridized carbons (Fsp3) is 0.136. The van der Waals surface area contributed by atoms with E-state index in [9.17, 15) is 18.0 Å². The average Bonchev–Trinajstić information content (AvgIpc) is 3.12. The highest BCUT2D eigenvalue weighted by Gasteiger charge is 2.32. The first-order chi connectivity index (χ1) is 14.7. The number of hydrogen-bond donors (Lipinski definition) is 1. The number of nitrogens with zero attached hydrogens (tertiary/aromatic N) is 2. The van der Waals surface area contributed by atoms with E-state index in [1.807, 2.05) is 0 Å². The second-order valence-electron chi connectivity index (χ2n) is 6.99. The van der Waals surface area contributed by atoms with Crippen LogP contribution < -0.4 is 5.32 Å². The van der Waals surface area contributed by atoms with Crippen molar-refractivity contribution in [3.05, 3.63) is 87.0 Å². The molecule has 0 saturated carbocycles. The zero-order valence-electron chi connectivity index (χ0n) is 15.8. The molecule has 0 bridgehead atoms. The van der Waals surface area contributed by atoms with Gasteiger partial charge >= 0.3 is 6.18 Å². The Bertz CT molecular complexity index is 1210. The van der Waals surface area contributed by atoms with Gasteiger partial charge in [0.05, 0.1) is 17.7 Å². The predicted octanol–water partition coefficient (Wildman–Crippen LogP) is 6.27. The number of aromatic nitrogens is 1. The summed E-state index contributed by atoms with van der Waals surface area (Å²) in [6, 6.07) is 12.9. The summed E-state index contributed by atoms with van der Waals surface area (Å²) in [5, 5.41) is 3.70. The number of carbonyl (C=O) groups is 1. The van der Waals surface area contributed by atoms with Crippen LogP contribution in [0.25, 0.3) is 0 Å². The molecular formula is C22H14Cl2F3N3O. The molecule has 0 fully saturated rings. The van der Waals surface area contributed by atoms with Gasteiger partial charge in [-0.05, 0) is 42.0 Å². The monoisotopic (exact) mass is 463 g/mol. The average molecular weight is 464 g/mol. The van der Waals surface area contributed by atoms with Gasteiger partial charge in [0.1, 0.15) is 0 Å². The number of hydrogen-bond acceptors (Lipinski definition) is 3. The molecule has 4 rings (SSSR count). The van der Waals surface area contributed by atoms with Crippen LogP contribution in [0, 0.1) is 0 Å². The second kappa shape index (κ2) is 8.32. The Morgan fingerprint density at radius 1 is 1.10 bits per heavy atom. The summed E-state index contributed by atoms with van der Waals surface area (Å²) in [7, 11) is 0. The van der Waals surface area contributed by atoms with E-state index in [0.29, 0.717) is 32.6 Å². The summed E-state index contributed by atoms with van der Waals surface area (Å²) in [6.07, 6.45) is -3.42. The number of anilines is 1. The number of benzene rings is 2. The van der Waals surface area contributed by atoms with Crippen LogP contribution in [0.3, 0.4) is 0 Å². The zero-order chi connectivity index (χ0) is 22.2. The van der Waals surface area contributed by atoms with Gasteiger partial charge in [-0.1, -0.05) is 35.3 Å². The minimum atomic E-state index is -4.48. The Labute approximate surface area is 185 Å². The number of nitrogens with one attached hydrogen (secondary N) is 1. The molecule has 0 spiro atoms. The summed E-state index contributed by atoms with van der Waals surface area (Å²) in [5.41, 5.74) is 1.81. The lowest BCUT2D eigenvalue weighted by molar-refractivity contribution is -0.137. The minimum Gasteiger partial charge on any atom is -0.326 e. The second-order valence-corrected chi connectivity index (χ2v) is 7.83. The fourth-order valence-electron chi connectivity index (χ4n) is 3.25. The van der Waals surface area contributed by atoms with Crippen molar-refractivity contribution in [3.63, 3.8) is 0 Å². The Morgan fingerprint density at radius 3 is 2.65 bits per heavy atom. The first-order valence-electron chi connectivity index (χ1n) is 9.17. The van der Waals surface area contributed by atoms with E-state index in [4.69, 9.17) is 23.2 Å². The quantitative estimate of drug-likeness (QED) is 0.495. The van der Waals surface area contributed by atoms with Crippen LogP contribution in [-0.4, -0.2) is 16.6 Å². The molecule has 1 N–H and O–H groups in total. The van der Waals surface area contributed by atoms with Gasteiger partial charge in [-0.25, -0.2) is 9.98 Å². The van der Waals surface area contributed by atoms with E-state index >= 15 is 0 Å². The molecule has 1 amide bonds. The van der Waals surface area contributed by atoms with Gasteiger partial charge in [-0.2, -0.15) is 13.2 Å². The van der Waals surface area contributed by atoms with Crippen LogP contribution in [-0.2, 0) is 23.8 Å². The highest BCUT2D eigenvalue weighted by molar-refractivity contribution is 6.34. The molecular weight excluding hydrogens is 450 g/mol. The van der Waals surface area contributed by atoms with Crippen LogP contribution in [0.5, 0.6) is 0 Å². The van der Waals surface area contributed by atoms with Gasteiger partial charge in [0.2, 0.25) is 5.91 Å². The molecule has 0 saturated heterocycles. The number of rotatable bonds is 4. The van der Waals surface area contributed by atoms with Crippen molar-refractivity contribution in [3.8, 4) is 0 Å². The van der Waals surface area contributed by atoms with E-state index in [1.165, 1.54) is 0 Å². The molecule has 1 aromatic heterocycles. The first kappa shape index (κ1) is 21.3. The number of pyridine rings is 1. The number of aliphatic imine (C=N–C) groups is 1. The maximum absolute atomic E-state index is 12.9. The Morgan fingerprint density at radius 2 is 1.90 bits per heavy atom. The van der Waals surface area contributed by atoms with Gasteiger partial charge in [-0.3, -0.25) is 4.79 Å². The summed E-state index contributed by atoms with van der Waals surface area (Å²) in [5.74, 6) is -0.0156. The predicted molar refractivity (Wildman–Crippen MR) is 114 cm³/mol. The molecule has 2 heterocycles. The Balaban J connectivity index is 1.52. The van der Waals surface area contributed by atoms with Crippen LogP contribution in [0.2, 0.25) is 10.0 Å². The largest absolute Gasteiger partial charge is 0.417 e. The number of carbonyl (C=O) groups excluding carboxylic acids is 1. The molecule has 31 heavy (non-hydrogen) atoms. The number of halogens is 5. The summed E-state index contributed by atoms with van der Waals surface area (Å²) in [6.45, 7) is 0. The molecule has 0 radical (unpaired) electrons. The molecule has 0 aliphatic carbocycles. The maximum atomic E-state index is 12.9. The van der Waals surface area contributed by atoms with Crippen molar-refractivity contribution in [1.29, 1.82) is 0 Å². The van der Waals surface area contributed by atoms with Crippen LogP contribution >= 0.6 is 23.2 Å². The number of alkyl halides is 3. The van der Waals surface area contributed by atoms with Crippen molar-refractivity contribution in [1.82, 2.24) is 4.98 Å². The normalized spacial score (nSPS) is 13.0. The Hall–Kier alpha value is -2.90. The summed E-state index contributed by atoms with van der Waals surface area (Å²) in [4.78, 5) is 20.5. The lowest BCUT2D eigenvalue weighted by Gasteiger charge is -2.10. The van der Waals surface area contributed by atoms with Gasteiger partial charge in [0.25, 0.3) is 0 Å². The third-order valence-electron chi connectivity index (χ3n) is 4.68. The van der Waals surface area contributed by atoms with Crippen molar-refractivity contribution in [2.75, 3.05) is 5.32 Å². The van der Waals surface area contributed by atoms with Crippen molar-refractivity contribution in [2.45, 2.75) is 19.0 Å². The van der Waals surface area contributed by atoms with Crippen LogP contribution in [0.4, 0.5) is 24.7 Å². The first-order valence-corrected chi connectivity index (χ1v) is 9.92. The van der Waals surface area contributed by atoms with Crippen LogP contribution in [0.1, 0.15) is 22.3 Å². The van der Waals surface area contributed by atoms with Gasteiger partial charge in [-0.15, -0.1) is 0 Å². The lowest BCUT2D eigenvalue weighted by atomic mass is 10.0. The minimum absolute atomic E-state index is 0.134. The highest BCUT2D eigenvalue weighted by atomic mass is 35.5. The third kappa shape index (κ3) is 4.89. The van der Waals surface area contributed by atoms with E-state index in [0.717, 1.165) is 17.8 Å². The standard InChI is InChI=1S/C22H14Cl2F3N3O/c23-15-3-1-2-12(6-15)7-20(31)29-16-4-5-18(24)17(10-16)19-9-13-8-14(22(25,26)27)11-28-21(13)30-19/h1-6,8,10-11H,7,9H2,(H,29,31). The topological polar surface area (TPSA) is 54.4 Å². The van der Waals surface area contributed by atoms with E-state index in [2.05, 4.69) is 15.3 Å². The molecule has 1 aliphatic heterocycles. The Kier molecular flexibility index (Phi) is 5.73. The van der Waals surface area contributed by atoms with Gasteiger partial charge in [0, 0.05) is 39.5 Å². The fourth-order valence-corrected chi connectivity index (χ4v) is 3.69. The molecule has 158 valence electrons. The smallest absolute Gasteiger partial charge is 0.326 e. The van der Waals surface area contributed by atoms with E-state index in [-0.39, 0.29) is 24.6 Å². The molecule has 2 aromatic carbocycles. The number of fused-ring (bicyclic) bond motifs is 1. The molecule has 9 heteroatoms. The molecule has 0 atom stereocenters. The lowest BCUT2D eigenvalue weighted by Crippen LogP contribution is -2.15. The molecule has 0 unspecified atom stereocenters. The molecule has 3 aromatic rings. The van der Waals surface area contributed by atoms with Crippen molar-refractivity contribution in [2.24, 2.45) is 4.99 Å². The third-order valence-corrected chi connectivity index (χ3v) is 5.25. The number of amides is 1. The maximum Gasteiger partial charge on any atom is 0.417 e. The van der Waals surface area contributed by atoms with E-state index in [1.54, 1.807) is 42.5 Å². The highest BCUT2D eigenvalue weighted by Crippen LogP contribution is 2.35. The summed E-state index contributed by atoms with van der Waals surface area (Å²) < 4.78 is 38.8. The van der Waals surface area contributed by atoms with Crippen molar-refractivity contribution >= 4 is 46.3 Å². The molecule has 4 nitrogen and oxygen atoms in total. The zero-order valence-corrected chi connectivity index (χ0v) is 17.3. The van der Waals surface area contributed by atoms with Crippen molar-refractivity contribution < 1.29 is 18.0 Å².